The molecule has 0 unspecified atom stereocenters. The van der Waals surface area contributed by atoms with Crippen LogP contribution >= 0.6 is 22.9 Å². The van der Waals surface area contributed by atoms with E-state index in [0.717, 1.165) is 27.3 Å². The van der Waals surface area contributed by atoms with E-state index < -0.39 is 11.9 Å². The standard InChI is InChI=1S/C22H15ClF3N3OS/c23-20-11-15(10-19(29-20)22(24,25)26)27-12-18-13-28-21(31-18)14-6-8-17(9-7-14)30-16-4-2-1-3-5-16/h1-11,13H,12H2,(H,27,29). The first-order valence-electron chi connectivity index (χ1n) is 9.13. The number of alkyl halides is 3. The number of rotatable bonds is 6. The number of thiazole rings is 1. The lowest BCUT2D eigenvalue weighted by Gasteiger charge is -2.10. The van der Waals surface area contributed by atoms with Gasteiger partial charge in [-0.15, -0.1) is 11.3 Å². The highest BCUT2D eigenvalue weighted by atomic mass is 35.5. The van der Waals surface area contributed by atoms with E-state index in [2.05, 4.69) is 15.3 Å². The number of hydrogen-bond acceptors (Lipinski definition) is 5. The summed E-state index contributed by atoms with van der Waals surface area (Å²) in [6, 6.07) is 19.3. The monoisotopic (exact) mass is 461 g/mol. The normalized spacial score (nSPS) is 11.4. The molecule has 0 saturated heterocycles. The van der Waals surface area contributed by atoms with Crippen molar-refractivity contribution in [2.24, 2.45) is 0 Å². The number of aromatic nitrogens is 2. The van der Waals surface area contributed by atoms with Crippen molar-refractivity contribution in [3.63, 3.8) is 0 Å². The van der Waals surface area contributed by atoms with Crippen LogP contribution in [0.4, 0.5) is 18.9 Å². The van der Waals surface area contributed by atoms with Crippen molar-refractivity contribution in [2.45, 2.75) is 12.7 Å². The van der Waals surface area contributed by atoms with E-state index in [1.165, 1.54) is 17.4 Å². The Morgan fingerprint density at radius 2 is 1.68 bits per heavy atom. The molecule has 0 aliphatic carbocycles. The van der Waals surface area contributed by atoms with Gasteiger partial charge in [-0.1, -0.05) is 29.8 Å². The van der Waals surface area contributed by atoms with Crippen molar-refractivity contribution < 1.29 is 17.9 Å². The second kappa shape index (κ2) is 8.95. The van der Waals surface area contributed by atoms with Crippen molar-refractivity contribution in [1.82, 2.24) is 9.97 Å². The molecule has 0 atom stereocenters. The maximum Gasteiger partial charge on any atom is 0.433 e. The fourth-order valence-corrected chi connectivity index (χ4v) is 3.81. The summed E-state index contributed by atoms with van der Waals surface area (Å²) >= 11 is 7.16. The third-order valence-electron chi connectivity index (χ3n) is 4.19. The molecular weight excluding hydrogens is 447 g/mol. The first kappa shape index (κ1) is 21.1. The number of nitrogens with zero attached hydrogens (tertiary/aromatic N) is 2. The van der Waals surface area contributed by atoms with Crippen molar-refractivity contribution in [3.8, 4) is 22.1 Å². The van der Waals surface area contributed by atoms with Crippen LogP contribution in [-0.4, -0.2) is 9.97 Å². The number of nitrogens with one attached hydrogen (secondary N) is 1. The van der Waals surface area contributed by atoms with Gasteiger partial charge in [-0.25, -0.2) is 9.97 Å². The molecule has 4 aromatic rings. The molecule has 2 aromatic heterocycles. The van der Waals surface area contributed by atoms with Crippen LogP contribution < -0.4 is 10.1 Å². The van der Waals surface area contributed by atoms with Crippen LogP contribution in [0.2, 0.25) is 5.15 Å². The van der Waals surface area contributed by atoms with Gasteiger partial charge in [0.05, 0.1) is 6.54 Å². The molecule has 0 aliphatic heterocycles. The highest BCUT2D eigenvalue weighted by Gasteiger charge is 2.33. The minimum absolute atomic E-state index is 0.222. The molecule has 4 rings (SSSR count). The van der Waals surface area contributed by atoms with Crippen LogP contribution in [0.3, 0.4) is 0 Å². The molecule has 158 valence electrons. The van der Waals surface area contributed by atoms with Crippen LogP contribution in [0.1, 0.15) is 10.6 Å². The van der Waals surface area contributed by atoms with Gasteiger partial charge in [-0.05, 0) is 48.5 Å². The molecular formula is C22H15ClF3N3OS. The zero-order valence-electron chi connectivity index (χ0n) is 15.9. The Balaban J connectivity index is 1.41. The summed E-state index contributed by atoms with van der Waals surface area (Å²) in [6.45, 7) is 0.310. The third-order valence-corrected chi connectivity index (χ3v) is 5.43. The van der Waals surface area contributed by atoms with E-state index in [-0.39, 0.29) is 10.8 Å². The Labute approximate surface area is 185 Å². The fourth-order valence-electron chi connectivity index (χ4n) is 2.75. The summed E-state index contributed by atoms with van der Waals surface area (Å²) in [4.78, 5) is 8.59. The van der Waals surface area contributed by atoms with Crippen LogP contribution in [0.5, 0.6) is 11.5 Å². The molecule has 0 amide bonds. The Kier molecular flexibility index (Phi) is 6.11. The van der Waals surface area contributed by atoms with E-state index in [0.29, 0.717) is 12.3 Å². The zero-order chi connectivity index (χ0) is 21.8. The highest BCUT2D eigenvalue weighted by molar-refractivity contribution is 7.15. The molecule has 2 heterocycles. The van der Waals surface area contributed by atoms with Gasteiger partial charge < -0.3 is 10.1 Å². The van der Waals surface area contributed by atoms with Crippen molar-refractivity contribution in [2.75, 3.05) is 5.32 Å². The smallest absolute Gasteiger partial charge is 0.433 e. The maximum atomic E-state index is 12.9. The predicted octanol–water partition coefficient (Wildman–Crippen LogP) is 7.28. The highest BCUT2D eigenvalue weighted by Crippen LogP contribution is 2.32. The van der Waals surface area contributed by atoms with Crippen LogP contribution in [0.15, 0.2) is 72.9 Å². The lowest BCUT2D eigenvalue weighted by Crippen LogP contribution is -2.09. The number of anilines is 1. The number of para-hydroxylation sites is 1. The van der Waals surface area contributed by atoms with Gasteiger partial charge in [0.15, 0.2) is 0 Å². The summed E-state index contributed by atoms with van der Waals surface area (Å²) in [6.07, 6.45) is -2.87. The van der Waals surface area contributed by atoms with Gasteiger partial charge in [0, 0.05) is 22.3 Å². The molecule has 31 heavy (non-hydrogen) atoms. The lowest BCUT2D eigenvalue weighted by atomic mass is 10.2. The number of ether oxygens (including phenoxy) is 1. The molecule has 0 aliphatic rings. The average molecular weight is 462 g/mol. The maximum absolute atomic E-state index is 12.9. The van der Waals surface area contributed by atoms with Crippen molar-refractivity contribution in [3.05, 3.63) is 88.7 Å². The summed E-state index contributed by atoms with van der Waals surface area (Å²) in [5, 5.41) is 3.52. The van der Waals surface area contributed by atoms with Crippen LogP contribution in [0, 0.1) is 0 Å². The fraction of sp³-hybridized carbons (Fsp3) is 0.0909. The second-order valence-electron chi connectivity index (χ2n) is 6.49. The van der Waals surface area contributed by atoms with Crippen LogP contribution in [-0.2, 0) is 12.7 Å². The molecule has 0 fully saturated rings. The second-order valence-corrected chi connectivity index (χ2v) is 7.99. The van der Waals surface area contributed by atoms with E-state index in [1.807, 2.05) is 54.6 Å². The van der Waals surface area contributed by atoms with E-state index in [9.17, 15) is 13.2 Å². The number of hydrogen-bond donors (Lipinski definition) is 1. The number of benzene rings is 2. The number of halogens is 4. The molecule has 4 nitrogen and oxygen atoms in total. The number of pyridine rings is 1. The first-order valence-corrected chi connectivity index (χ1v) is 10.3. The van der Waals surface area contributed by atoms with Crippen molar-refractivity contribution >= 4 is 28.6 Å². The quantitative estimate of drug-likeness (QED) is 0.306. The van der Waals surface area contributed by atoms with Gasteiger partial charge >= 0.3 is 6.18 Å². The topological polar surface area (TPSA) is 47.0 Å². The summed E-state index contributed by atoms with van der Waals surface area (Å²) in [5.74, 6) is 1.46. The van der Waals surface area contributed by atoms with Crippen LogP contribution in [0.25, 0.3) is 10.6 Å². The molecule has 9 heteroatoms. The Hall–Kier alpha value is -3.10. The average Bonchev–Trinajstić information content (AvgIpc) is 3.22. The Morgan fingerprint density at radius 3 is 2.39 bits per heavy atom. The molecule has 0 saturated carbocycles. The van der Waals surface area contributed by atoms with Crippen molar-refractivity contribution in [1.29, 1.82) is 0 Å². The van der Waals surface area contributed by atoms with Gasteiger partial charge in [-0.3, -0.25) is 0 Å². The SMILES string of the molecule is FC(F)(F)c1cc(NCc2cnc(-c3ccc(Oc4ccccc4)cc3)s2)cc(Cl)n1. The molecule has 0 radical (unpaired) electrons. The van der Waals surface area contributed by atoms with E-state index >= 15 is 0 Å². The predicted molar refractivity (Wildman–Crippen MR) is 116 cm³/mol. The first-order chi connectivity index (χ1) is 14.9. The molecule has 0 spiro atoms. The van der Waals surface area contributed by atoms with Gasteiger partial charge in [0.2, 0.25) is 0 Å². The molecule has 0 bridgehead atoms. The largest absolute Gasteiger partial charge is 0.457 e. The molecule has 1 N–H and O–H groups in total. The van der Waals surface area contributed by atoms with E-state index in [1.54, 1.807) is 6.20 Å². The molecule has 2 aromatic carbocycles. The summed E-state index contributed by atoms with van der Waals surface area (Å²) in [7, 11) is 0. The minimum Gasteiger partial charge on any atom is -0.457 e. The summed E-state index contributed by atoms with van der Waals surface area (Å²) in [5.41, 5.74) is 0.123. The Morgan fingerprint density at radius 1 is 0.968 bits per heavy atom. The van der Waals surface area contributed by atoms with Gasteiger partial charge in [-0.2, -0.15) is 13.2 Å². The summed E-state index contributed by atoms with van der Waals surface area (Å²) < 4.78 is 44.4. The Bertz CT molecular complexity index is 1160. The zero-order valence-corrected chi connectivity index (χ0v) is 17.4. The van der Waals surface area contributed by atoms with E-state index in [4.69, 9.17) is 16.3 Å². The lowest BCUT2D eigenvalue weighted by molar-refractivity contribution is -0.141. The third kappa shape index (κ3) is 5.53. The minimum atomic E-state index is -4.56. The van der Waals surface area contributed by atoms with Gasteiger partial charge in [0.1, 0.15) is 27.4 Å². The van der Waals surface area contributed by atoms with Gasteiger partial charge in [0.25, 0.3) is 0 Å².